The molecule has 112 valence electrons. The summed E-state index contributed by atoms with van der Waals surface area (Å²) in [6.45, 7) is 5.91. The SMILES string of the molecule is CC(=O)[C@H](C)OCCOCCOCCNC(=O)CBr. The summed E-state index contributed by atoms with van der Waals surface area (Å²) >= 11 is 3.05. The predicted molar refractivity (Wildman–Crippen MR) is 74.5 cm³/mol. The zero-order valence-electron chi connectivity index (χ0n) is 11.4. The van der Waals surface area contributed by atoms with Crippen LogP contribution in [0.15, 0.2) is 0 Å². The molecule has 0 radical (unpaired) electrons. The highest BCUT2D eigenvalue weighted by molar-refractivity contribution is 9.09. The van der Waals surface area contributed by atoms with Gasteiger partial charge in [-0.3, -0.25) is 9.59 Å². The lowest BCUT2D eigenvalue weighted by atomic mass is 10.3. The van der Waals surface area contributed by atoms with Crippen LogP contribution in [0.25, 0.3) is 0 Å². The highest BCUT2D eigenvalue weighted by atomic mass is 79.9. The van der Waals surface area contributed by atoms with E-state index in [4.69, 9.17) is 14.2 Å². The Bertz CT molecular complexity index is 263. The van der Waals surface area contributed by atoms with Crippen LogP contribution in [-0.2, 0) is 23.8 Å². The third-order valence-corrected chi connectivity index (χ3v) is 2.74. The number of amides is 1. The number of Topliss-reactive ketones (excluding diaryl/α,β-unsaturated/α-hetero) is 1. The molecule has 0 rings (SSSR count). The van der Waals surface area contributed by atoms with E-state index in [1.165, 1.54) is 6.92 Å². The molecule has 0 saturated heterocycles. The van der Waals surface area contributed by atoms with Crippen molar-refractivity contribution >= 4 is 27.6 Å². The number of nitrogens with one attached hydrogen (secondary N) is 1. The molecule has 0 aromatic heterocycles. The van der Waals surface area contributed by atoms with Gasteiger partial charge in [0.15, 0.2) is 5.78 Å². The van der Waals surface area contributed by atoms with E-state index in [0.717, 1.165) is 0 Å². The zero-order valence-corrected chi connectivity index (χ0v) is 13.0. The summed E-state index contributed by atoms with van der Waals surface area (Å²) in [5, 5.41) is 2.96. The number of ether oxygens (including phenoxy) is 3. The first-order valence-corrected chi connectivity index (χ1v) is 7.30. The molecule has 0 bridgehead atoms. The van der Waals surface area contributed by atoms with Crippen LogP contribution in [0.3, 0.4) is 0 Å². The Kier molecular flexibility index (Phi) is 12.2. The maximum atomic E-state index is 10.9. The van der Waals surface area contributed by atoms with Gasteiger partial charge in [-0.25, -0.2) is 0 Å². The van der Waals surface area contributed by atoms with Crippen LogP contribution in [0.4, 0.5) is 0 Å². The van der Waals surface area contributed by atoms with Crippen molar-refractivity contribution in [1.82, 2.24) is 5.32 Å². The second kappa shape index (κ2) is 12.5. The Morgan fingerprint density at radius 2 is 1.68 bits per heavy atom. The highest BCUT2D eigenvalue weighted by Crippen LogP contribution is 1.91. The van der Waals surface area contributed by atoms with Gasteiger partial charge >= 0.3 is 0 Å². The summed E-state index contributed by atoms with van der Waals surface area (Å²) in [7, 11) is 0. The summed E-state index contributed by atoms with van der Waals surface area (Å²) in [4.78, 5) is 21.7. The van der Waals surface area contributed by atoms with Gasteiger partial charge in [0.05, 0.1) is 38.4 Å². The van der Waals surface area contributed by atoms with Crippen LogP contribution >= 0.6 is 15.9 Å². The smallest absolute Gasteiger partial charge is 0.230 e. The Morgan fingerprint density at radius 1 is 1.11 bits per heavy atom. The lowest BCUT2D eigenvalue weighted by Gasteiger charge is -2.10. The van der Waals surface area contributed by atoms with Gasteiger partial charge in [-0.1, -0.05) is 15.9 Å². The Hall–Kier alpha value is -0.500. The molecule has 0 spiro atoms. The number of hydrogen-bond acceptors (Lipinski definition) is 5. The zero-order chi connectivity index (χ0) is 14.5. The average molecular weight is 340 g/mol. The van der Waals surface area contributed by atoms with Gasteiger partial charge < -0.3 is 19.5 Å². The Morgan fingerprint density at radius 3 is 2.26 bits per heavy atom. The average Bonchev–Trinajstić information content (AvgIpc) is 2.39. The molecule has 0 unspecified atom stereocenters. The van der Waals surface area contributed by atoms with Crippen molar-refractivity contribution in [1.29, 1.82) is 0 Å². The van der Waals surface area contributed by atoms with E-state index in [1.807, 2.05) is 0 Å². The molecule has 1 N–H and O–H groups in total. The summed E-state index contributed by atoms with van der Waals surface area (Å²) in [5.41, 5.74) is 0. The quantitative estimate of drug-likeness (QED) is 0.414. The summed E-state index contributed by atoms with van der Waals surface area (Å²) < 4.78 is 15.7. The molecule has 1 amide bonds. The van der Waals surface area contributed by atoms with Gasteiger partial charge in [0.25, 0.3) is 0 Å². The second-order valence-corrected chi connectivity index (χ2v) is 4.39. The third kappa shape index (κ3) is 12.3. The fourth-order valence-corrected chi connectivity index (χ4v) is 1.23. The summed E-state index contributed by atoms with van der Waals surface area (Å²) in [6, 6.07) is 0. The second-order valence-electron chi connectivity index (χ2n) is 3.83. The number of hydrogen-bond donors (Lipinski definition) is 1. The third-order valence-electron chi connectivity index (χ3n) is 2.23. The van der Waals surface area contributed by atoms with Crippen LogP contribution in [0, 0.1) is 0 Å². The minimum Gasteiger partial charge on any atom is -0.377 e. The van der Waals surface area contributed by atoms with Gasteiger partial charge in [-0.15, -0.1) is 0 Å². The molecular weight excluding hydrogens is 318 g/mol. The van der Waals surface area contributed by atoms with E-state index in [9.17, 15) is 9.59 Å². The molecule has 0 saturated carbocycles. The van der Waals surface area contributed by atoms with Crippen molar-refractivity contribution in [2.75, 3.05) is 44.9 Å². The van der Waals surface area contributed by atoms with Crippen molar-refractivity contribution in [3.05, 3.63) is 0 Å². The number of rotatable bonds is 12. The fraction of sp³-hybridized carbons (Fsp3) is 0.833. The van der Waals surface area contributed by atoms with E-state index >= 15 is 0 Å². The Balaban J connectivity index is 3.15. The predicted octanol–water partition coefficient (Wildman–Crippen LogP) is 0.525. The van der Waals surface area contributed by atoms with Crippen LogP contribution < -0.4 is 5.32 Å². The standard InChI is InChI=1S/C12H22BrNO5/c1-10(15)11(2)19-8-7-18-6-5-17-4-3-14-12(16)9-13/h11H,3-9H2,1-2H3,(H,14,16)/t11-/m0/s1. The number of carbonyl (C=O) groups is 2. The van der Waals surface area contributed by atoms with Gasteiger partial charge in [0, 0.05) is 6.54 Å². The molecule has 0 aromatic rings. The van der Waals surface area contributed by atoms with Gasteiger partial charge in [0.1, 0.15) is 6.10 Å². The van der Waals surface area contributed by atoms with Crippen molar-refractivity contribution in [2.24, 2.45) is 0 Å². The molecule has 0 aliphatic rings. The summed E-state index contributed by atoms with van der Waals surface area (Å²) in [6.07, 6.45) is -0.377. The summed E-state index contributed by atoms with van der Waals surface area (Å²) in [5.74, 6) is -0.0505. The molecule has 0 heterocycles. The molecule has 0 aliphatic carbocycles. The Labute approximate surface area is 122 Å². The topological polar surface area (TPSA) is 73.9 Å². The molecule has 0 aromatic carbocycles. The van der Waals surface area contributed by atoms with Crippen molar-refractivity contribution in [2.45, 2.75) is 20.0 Å². The van der Waals surface area contributed by atoms with E-state index in [0.29, 0.717) is 44.9 Å². The lowest BCUT2D eigenvalue weighted by molar-refractivity contribution is -0.128. The van der Waals surface area contributed by atoms with E-state index < -0.39 is 0 Å². The lowest BCUT2D eigenvalue weighted by Crippen LogP contribution is -2.28. The van der Waals surface area contributed by atoms with E-state index in [-0.39, 0.29) is 17.8 Å². The van der Waals surface area contributed by atoms with Crippen LogP contribution in [0.5, 0.6) is 0 Å². The van der Waals surface area contributed by atoms with Crippen LogP contribution in [0.1, 0.15) is 13.8 Å². The molecule has 7 heteroatoms. The van der Waals surface area contributed by atoms with Gasteiger partial charge in [-0.05, 0) is 13.8 Å². The molecule has 0 fully saturated rings. The van der Waals surface area contributed by atoms with E-state index in [1.54, 1.807) is 6.92 Å². The first kappa shape index (κ1) is 18.5. The molecule has 6 nitrogen and oxygen atoms in total. The minimum absolute atomic E-state index is 0.00820. The normalized spacial score (nSPS) is 12.2. The molecule has 19 heavy (non-hydrogen) atoms. The number of alkyl halides is 1. The highest BCUT2D eigenvalue weighted by Gasteiger charge is 2.06. The first-order valence-electron chi connectivity index (χ1n) is 6.18. The maximum absolute atomic E-state index is 10.9. The first-order chi connectivity index (χ1) is 9.07. The van der Waals surface area contributed by atoms with Crippen LogP contribution in [0.2, 0.25) is 0 Å². The minimum atomic E-state index is -0.377. The van der Waals surface area contributed by atoms with Crippen molar-refractivity contribution in [3.8, 4) is 0 Å². The molecule has 1 atom stereocenters. The van der Waals surface area contributed by atoms with Crippen molar-refractivity contribution in [3.63, 3.8) is 0 Å². The largest absolute Gasteiger partial charge is 0.377 e. The van der Waals surface area contributed by atoms with Crippen molar-refractivity contribution < 1.29 is 23.8 Å². The monoisotopic (exact) mass is 339 g/mol. The molecular formula is C12H22BrNO5. The fourth-order valence-electron chi connectivity index (χ4n) is 1.03. The van der Waals surface area contributed by atoms with E-state index in [2.05, 4.69) is 21.2 Å². The number of carbonyl (C=O) groups excluding carboxylic acids is 2. The molecule has 0 aliphatic heterocycles. The number of ketones is 1. The van der Waals surface area contributed by atoms with Gasteiger partial charge in [-0.2, -0.15) is 0 Å². The van der Waals surface area contributed by atoms with Crippen LogP contribution in [-0.4, -0.2) is 62.7 Å². The van der Waals surface area contributed by atoms with Gasteiger partial charge in [0.2, 0.25) is 5.91 Å². The number of halogens is 1. The maximum Gasteiger partial charge on any atom is 0.230 e.